The largest absolute Gasteiger partial charge is 0.474 e. The van der Waals surface area contributed by atoms with Crippen LogP contribution in [0.2, 0.25) is 5.02 Å². The summed E-state index contributed by atoms with van der Waals surface area (Å²) < 4.78 is 5.96. The number of carbonyl (C=O) groups is 1. The maximum absolute atomic E-state index is 12.4. The lowest BCUT2D eigenvalue weighted by molar-refractivity contribution is 0.102. The number of rotatable bonds is 4. The molecule has 1 saturated heterocycles. The van der Waals surface area contributed by atoms with E-state index in [-0.39, 0.29) is 12.0 Å². The standard InChI is InChI=1S/C19H22ClN3O2/c1-12-6-7-15(16(20)10-12)19(24)23-17-4-3-5-18(22-17)25-14-8-9-21-13(2)11-14/h3-7,10,13-14,21H,8-9,11H2,1-2H3,(H,22,23,24)/t13-,14-/m0/s1. The Morgan fingerprint density at radius 1 is 1.36 bits per heavy atom. The molecule has 2 atom stereocenters. The van der Waals surface area contributed by atoms with E-state index in [1.54, 1.807) is 24.3 Å². The summed E-state index contributed by atoms with van der Waals surface area (Å²) in [7, 11) is 0. The Morgan fingerprint density at radius 3 is 2.96 bits per heavy atom. The van der Waals surface area contributed by atoms with E-state index in [1.807, 2.05) is 19.1 Å². The van der Waals surface area contributed by atoms with Gasteiger partial charge in [0.2, 0.25) is 5.88 Å². The summed E-state index contributed by atoms with van der Waals surface area (Å²) in [5.74, 6) is 0.679. The molecule has 5 nitrogen and oxygen atoms in total. The predicted octanol–water partition coefficient (Wildman–Crippen LogP) is 3.82. The van der Waals surface area contributed by atoms with Gasteiger partial charge in [0.05, 0.1) is 10.6 Å². The SMILES string of the molecule is Cc1ccc(C(=O)Nc2cccc(O[C@H]3CCN[C@@H](C)C3)n2)c(Cl)c1. The summed E-state index contributed by atoms with van der Waals surface area (Å²) in [6, 6.07) is 11.1. The lowest BCUT2D eigenvalue weighted by atomic mass is 10.0. The molecule has 2 N–H and O–H groups in total. The highest BCUT2D eigenvalue weighted by Gasteiger charge is 2.20. The Kier molecular flexibility index (Phi) is 5.56. The minimum absolute atomic E-state index is 0.140. The number of ether oxygens (including phenoxy) is 1. The van der Waals surface area contributed by atoms with Crippen LogP contribution < -0.4 is 15.4 Å². The topological polar surface area (TPSA) is 63.2 Å². The van der Waals surface area contributed by atoms with Gasteiger partial charge in [0, 0.05) is 12.1 Å². The number of hydrogen-bond acceptors (Lipinski definition) is 4. The Bertz CT molecular complexity index is 766. The number of benzene rings is 1. The van der Waals surface area contributed by atoms with Crippen LogP contribution in [-0.4, -0.2) is 29.6 Å². The van der Waals surface area contributed by atoms with Crippen LogP contribution in [0, 0.1) is 6.92 Å². The van der Waals surface area contributed by atoms with E-state index in [2.05, 4.69) is 22.5 Å². The van der Waals surface area contributed by atoms with Crippen molar-refractivity contribution < 1.29 is 9.53 Å². The molecule has 1 fully saturated rings. The molecule has 25 heavy (non-hydrogen) atoms. The van der Waals surface area contributed by atoms with Crippen LogP contribution >= 0.6 is 11.6 Å². The highest BCUT2D eigenvalue weighted by Crippen LogP contribution is 2.21. The third kappa shape index (κ3) is 4.71. The van der Waals surface area contributed by atoms with Crippen LogP contribution in [0.3, 0.4) is 0 Å². The maximum Gasteiger partial charge on any atom is 0.258 e. The average Bonchev–Trinajstić information content (AvgIpc) is 2.55. The zero-order chi connectivity index (χ0) is 17.8. The summed E-state index contributed by atoms with van der Waals surface area (Å²) in [6.07, 6.45) is 2.03. The van der Waals surface area contributed by atoms with Gasteiger partial charge in [-0.25, -0.2) is 0 Å². The number of aryl methyl sites for hydroxylation is 1. The molecule has 2 heterocycles. The first-order valence-corrected chi connectivity index (χ1v) is 8.83. The van der Waals surface area contributed by atoms with Crippen molar-refractivity contribution in [2.24, 2.45) is 0 Å². The third-order valence-electron chi connectivity index (χ3n) is 4.20. The van der Waals surface area contributed by atoms with Crippen LogP contribution in [0.5, 0.6) is 5.88 Å². The number of pyridine rings is 1. The van der Waals surface area contributed by atoms with Gasteiger partial charge in [0.25, 0.3) is 5.91 Å². The summed E-state index contributed by atoms with van der Waals surface area (Å²) >= 11 is 6.15. The molecule has 1 aliphatic heterocycles. The van der Waals surface area contributed by atoms with Gasteiger partial charge in [-0.15, -0.1) is 0 Å². The molecule has 0 saturated carbocycles. The minimum Gasteiger partial charge on any atom is -0.474 e. The molecule has 0 unspecified atom stereocenters. The number of halogens is 1. The van der Waals surface area contributed by atoms with Crippen LogP contribution in [0.25, 0.3) is 0 Å². The number of anilines is 1. The van der Waals surface area contributed by atoms with Gasteiger partial charge in [-0.05, 0) is 57.0 Å². The number of hydrogen-bond donors (Lipinski definition) is 2. The molecule has 0 radical (unpaired) electrons. The van der Waals surface area contributed by atoms with E-state index in [4.69, 9.17) is 16.3 Å². The quantitative estimate of drug-likeness (QED) is 0.871. The molecule has 6 heteroatoms. The molecule has 1 aromatic heterocycles. The molecule has 0 bridgehead atoms. The molecule has 3 rings (SSSR count). The van der Waals surface area contributed by atoms with Crippen LogP contribution in [0.1, 0.15) is 35.7 Å². The number of carbonyl (C=O) groups excluding carboxylic acids is 1. The van der Waals surface area contributed by atoms with Crippen LogP contribution in [0.15, 0.2) is 36.4 Å². The van der Waals surface area contributed by atoms with E-state index in [0.717, 1.165) is 24.9 Å². The molecular weight excluding hydrogens is 338 g/mol. The highest BCUT2D eigenvalue weighted by atomic mass is 35.5. The normalized spacial score (nSPS) is 20.1. The fourth-order valence-electron chi connectivity index (χ4n) is 2.90. The van der Waals surface area contributed by atoms with Crippen molar-refractivity contribution in [3.05, 3.63) is 52.5 Å². The van der Waals surface area contributed by atoms with Crippen molar-refractivity contribution in [3.8, 4) is 5.88 Å². The number of nitrogens with zero attached hydrogens (tertiary/aromatic N) is 1. The van der Waals surface area contributed by atoms with Crippen molar-refractivity contribution >= 4 is 23.3 Å². The summed E-state index contributed by atoms with van der Waals surface area (Å²) in [4.78, 5) is 16.8. The number of aromatic nitrogens is 1. The van der Waals surface area contributed by atoms with Gasteiger partial charge in [0.15, 0.2) is 0 Å². The number of piperidine rings is 1. The zero-order valence-corrected chi connectivity index (χ0v) is 15.1. The second-order valence-corrected chi connectivity index (χ2v) is 6.83. The minimum atomic E-state index is -0.287. The fraction of sp³-hybridized carbons (Fsp3) is 0.368. The molecule has 0 spiro atoms. The monoisotopic (exact) mass is 359 g/mol. The average molecular weight is 360 g/mol. The Hall–Kier alpha value is -2.11. The molecule has 2 aromatic rings. The Morgan fingerprint density at radius 2 is 2.20 bits per heavy atom. The van der Waals surface area contributed by atoms with Gasteiger partial charge in [0.1, 0.15) is 11.9 Å². The number of amides is 1. The van der Waals surface area contributed by atoms with Crippen molar-refractivity contribution in [3.63, 3.8) is 0 Å². The van der Waals surface area contributed by atoms with E-state index in [0.29, 0.717) is 28.3 Å². The van der Waals surface area contributed by atoms with Gasteiger partial charge in [-0.3, -0.25) is 4.79 Å². The summed E-state index contributed by atoms with van der Waals surface area (Å²) in [5, 5.41) is 6.60. The smallest absolute Gasteiger partial charge is 0.258 e. The first-order chi connectivity index (χ1) is 12.0. The van der Waals surface area contributed by atoms with Crippen LogP contribution in [-0.2, 0) is 0 Å². The third-order valence-corrected chi connectivity index (χ3v) is 4.51. The Labute approximate surface area is 152 Å². The second-order valence-electron chi connectivity index (χ2n) is 6.42. The second kappa shape index (κ2) is 7.85. The van der Waals surface area contributed by atoms with Crippen molar-refractivity contribution in [1.82, 2.24) is 10.3 Å². The Balaban J connectivity index is 1.67. The molecule has 1 amide bonds. The van der Waals surface area contributed by atoms with E-state index in [9.17, 15) is 4.79 Å². The predicted molar refractivity (Wildman–Crippen MR) is 99.5 cm³/mol. The van der Waals surface area contributed by atoms with Crippen LogP contribution in [0.4, 0.5) is 5.82 Å². The van der Waals surface area contributed by atoms with Crippen molar-refractivity contribution in [2.75, 3.05) is 11.9 Å². The fourth-order valence-corrected chi connectivity index (χ4v) is 3.22. The maximum atomic E-state index is 12.4. The molecule has 0 aliphatic carbocycles. The van der Waals surface area contributed by atoms with Gasteiger partial charge in [-0.2, -0.15) is 4.98 Å². The van der Waals surface area contributed by atoms with E-state index < -0.39 is 0 Å². The van der Waals surface area contributed by atoms with E-state index in [1.165, 1.54) is 0 Å². The molecular formula is C19H22ClN3O2. The van der Waals surface area contributed by atoms with Gasteiger partial charge in [-0.1, -0.05) is 23.7 Å². The first-order valence-electron chi connectivity index (χ1n) is 8.46. The summed E-state index contributed by atoms with van der Waals surface area (Å²) in [6.45, 7) is 5.01. The van der Waals surface area contributed by atoms with Gasteiger partial charge >= 0.3 is 0 Å². The first kappa shape index (κ1) is 17.7. The van der Waals surface area contributed by atoms with Crippen molar-refractivity contribution in [2.45, 2.75) is 38.8 Å². The van der Waals surface area contributed by atoms with Gasteiger partial charge < -0.3 is 15.4 Å². The van der Waals surface area contributed by atoms with Crippen molar-refractivity contribution in [1.29, 1.82) is 0 Å². The lowest BCUT2D eigenvalue weighted by Gasteiger charge is -2.28. The number of nitrogens with one attached hydrogen (secondary N) is 2. The summed E-state index contributed by atoms with van der Waals surface area (Å²) in [5.41, 5.74) is 1.43. The lowest BCUT2D eigenvalue weighted by Crippen LogP contribution is -2.40. The molecule has 132 valence electrons. The van der Waals surface area contributed by atoms with E-state index >= 15 is 0 Å². The molecule has 1 aliphatic rings. The molecule has 1 aromatic carbocycles. The highest BCUT2D eigenvalue weighted by molar-refractivity contribution is 6.34. The zero-order valence-electron chi connectivity index (χ0n) is 14.4.